The van der Waals surface area contributed by atoms with Crippen molar-refractivity contribution in [3.8, 4) is 5.75 Å². The maximum atomic E-state index is 10.6. The fourth-order valence-electron chi connectivity index (χ4n) is 2.01. The van der Waals surface area contributed by atoms with Gasteiger partial charge in [0, 0.05) is 17.0 Å². The van der Waals surface area contributed by atoms with E-state index >= 15 is 0 Å². The number of non-ortho nitro benzene ring substituents is 1. The summed E-state index contributed by atoms with van der Waals surface area (Å²) in [7, 11) is 0. The first-order valence-corrected chi connectivity index (χ1v) is 6.76. The van der Waals surface area contributed by atoms with Gasteiger partial charge in [0.25, 0.3) is 5.69 Å². The summed E-state index contributed by atoms with van der Waals surface area (Å²) in [4.78, 5) is 12.8. The molecule has 0 saturated heterocycles. The zero-order chi connectivity index (χ0) is 16.7. The third-order valence-electron chi connectivity index (χ3n) is 3.15. The van der Waals surface area contributed by atoms with Gasteiger partial charge in [-0.2, -0.15) is 0 Å². The number of azide groups is 1. The molecule has 0 aliphatic heterocycles. The Balaban J connectivity index is 2.03. The SMILES string of the molecule is [N-]=[N+]=N[C@H](c1ccccc1)[C@H](O)COc1ccc([N+](=O)[O-])cc1. The Labute approximate surface area is 131 Å². The van der Waals surface area contributed by atoms with Crippen molar-refractivity contribution in [3.05, 3.63) is 80.7 Å². The molecule has 8 nitrogen and oxygen atoms in total. The molecule has 0 spiro atoms. The first kappa shape index (κ1) is 16.3. The summed E-state index contributed by atoms with van der Waals surface area (Å²) in [5.74, 6) is 0.377. The zero-order valence-corrected chi connectivity index (χ0v) is 12.0. The molecule has 0 aliphatic rings. The third-order valence-corrected chi connectivity index (χ3v) is 3.15. The molecule has 0 aliphatic carbocycles. The number of benzene rings is 2. The van der Waals surface area contributed by atoms with E-state index in [1.165, 1.54) is 24.3 Å². The average Bonchev–Trinajstić information content (AvgIpc) is 2.58. The van der Waals surface area contributed by atoms with Gasteiger partial charge in [0.05, 0.1) is 11.0 Å². The highest BCUT2D eigenvalue weighted by atomic mass is 16.6. The number of nitrogens with zero attached hydrogens (tertiary/aromatic N) is 4. The molecule has 0 saturated carbocycles. The molecular weight excluding hydrogens is 300 g/mol. The Bertz CT molecular complexity index is 699. The Kier molecular flexibility index (Phi) is 5.51. The Morgan fingerprint density at radius 2 is 1.87 bits per heavy atom. The Morgan fingerprint density at radius 1 is 1.22 bits per heavy atom. The van der Waals surface area contributed by atoms with Crippen LogP contribution in [0.2, 0.25) is 0 Å². The lowest BCUT2D eigenvalue weighted by atomic mass is 10.0. The second-order valence-corrected chi connectivity index (χ2v) is 4.69. The Hall–Kier alpha value is -3.09. The summed E-state index contributed by atoms with van der Waals surface area (Å²) >= 11 is 0. The molecule has 0 heterocycles. The van der Waals surface area contributed by atoms with E-state index in [4.69, 9.17) is 10.3 Å². The van der Waals surface area contributed by atoms with Crippen LogP contribution in [0.1, 0.15) is 11.6 Å². The predicted octanol–water partition coefficient (Wildman–Crippen LogP) is 3.39. The minimum Gasteiger partial charge on any atom is -0.491 e. The summed E-state index contributed by atoms with van der Waals surface area (Å²) in [6.07, 6.45) is -1.05. The van der Waals surface area contributed by atoms with Gasteiger partial charge in [-0.1, -0.05) is 35.4 Å². The maximum Gasteiger partial charge on any atom is 0.269 e. The van der Waals surface area contributed by atoms with E-state index in [0.29, 0.717) is 11.3 Å². The predicted molar refractivity (Wildman–Crippen MR) is 82.9 cm³/mol. The van der Waals surface area contributed by atoms with E-state index in [1.807, 2.05) is 6.07 Å². The molecule has 2 atom stereocenters. The minimum atomic E-state index is -1.05. The maximum absolute atomic E-state index is 10.6. The van der Waals surface area contributed by atoms with E-state index < -0.39 is 17.1 Å². The molecule has 2 rings (SSSR count). The van der Waals surface area contributed by atoms with Crippen LogP contribution in [0.4, 0.5) is 5.69 Å². The molecular formula is C15H14N4O4. The van der Waals surface area contributed by atoms with Crippen LogP contribution in [-0.4, -0.2) is 22.7 Å². The van der Waals surface area contributed by atoms with Crippen molar-refractivity contribution in [2.24, 2.45) is 5.11 Å². The van der Waals surface area contributed by atoms with Gasteiger partial charge in [-0.25, -0.2) is 0 Å². The smallest absolute Gasteiger partial charge is 0.269 e. The van der Waals surface area contributed by atoms with E-state index in [0.717, 1.165) is 0 Å². The topological polar surface area (TPSA) is 121 Å². The van der Waals surface area contributed by atoms with E-state index in [-0.39, 0.29) is 12.3 Å². The molecule has 2 aromatic carbocycles. The van der Waals surface area contributed by atoms with Gasteiger partial charge in [0.15, 0.2) is 0 Å². The second-order valence-electron chi connectivity index (χ2n) is 4.69. The quantitative estimate of drug-likeness (QED) is 0.277. The first-order valence-electron chi connectivity index (χ1n) is 6.76. The van der Waals surface area contributed by atoms with Crippen LogP contribution in [0.15, 0.2) is 59.7 Å². The number of hydrogen-bond donors (Lipinski definition) is 1. The fourth-order valence-corrected chi connectivity index (χ4v) is 2.01. The molecule has 0 aromatic heterocycles. The number of rotatable bonds is 7. The van der Waals surface area contributed by atoms with Gasteiger partial charge in [-0.15, -0.1) is 0 Å². The number of nitro benzene ring substituents is 1. The molecule has 2 aromatic rings. The van der Waals surface area contributed by atoms with Crippen molar-refractivity contribution in [3.63, 3.8) is 0 Å². The lowest BCUT2D eigenvalue weighted by Gasteiger charge is -2.19. The number of aliphatic hydroxyl groups excluding tert-OH is 1. The van der Waals surface area contributed by atoms with Crippen LogP contribution in [0, 0.1) is 10.1 Å². The summed E-state index contributed by atoms with van der Waals surface area (Å²) in [5, 5.41) is 24.4. The van der Waals surface area contributed by atoms with Crippen LogP contribution >= 0.6 is 0 Å². The van der Waals surface area contributed by atoms with Crippen molar-refractivity contribution >= 4 is 5.69 Å². The first-order chi connectivity index (χ1) is 11.1. The largest absolute Gasteiger partial charge is 0.491 e. The van der Waals surface area contributed by atoms with Crippen molar-refractivity contribution in [2.75, 3.05) is 6.61 Å². The number of ether oxygens (including phenoxy) is 1. The van der Waals surface area contributed by atoms with E-state index in [1.54, 1.807) is 24.3 Å². The van der Waals surface area contributed by atoms with Crippen molar-refractivity contribution in [2.45, 2.75) is 12.1 Å². The van der Waals surface area contributed by atoms with Crippen LogP contribution in [0.5, 0.6) is 5.75 Å². The van der Waals surface area contributed by atoms with Crippen LogP contribution < -0.4 is 4.74 Å². The monoisotopic (exact) mass is 314 g/mol. The summed E-state index contributed by atoms with van der Waals surface area (Å²) in [5.41, 5.74) is 9.28. The summed E-state index contributed by atoms with van der Waals surface area (Å²) in [6, 6.07) is 13.6. The van der Waals surface area contributed by atoms with Crippen LogP contribution in [0.25, 0.3) is 10.4 Å². The number of hydrogen-bond acceptors (Lipinski definition) is 5. The van der Waals surface area contributed by atoms with E-state index in [9.17, 15) is 15.2 Å². The molecule has 0 fully saturated rings. The lowest BCUT2D eigenvalue weighted by Crippen LogP contribution is -2.24. The molecule has 1 N–H and O–H groups in total. The standard InChI is InChI=1S/C15H14N4O4/c16-18-17-15(11-4-2-1-3-5-11)14(20)10-23-13-8-6-12(7-9-13)19(21)22/h1-9,14-15,20H,10H2/t14-,15-/m1/s1. The summed E-state index contributed by atoms with van der Waals surface area (Å²) in [6.45, 7) is -0.115. The average molecular weight is 314 g/mol. The van der Waals surface area contributed by atoms with Crippen molar-refractivity contribution in [1.82, 2.24) is 0 Å². The van der Waals surface area contributed by atoms with E-state index in [2.05, 4.69) is 10.0 Å². The molecule has 0 radical (unpaired) electrons. The molecule has 0 unspecified atom stereocenters. The zero-order valence-electron chi connectivity index (χ0n) is 12.0. The molecule has 0 amide bonds. The highest BCUT2D eigenvalue weighted by Gasteiger charge is 2.20. The van der Waals surface area contributed by atoms with Crippen molar-refractivity contribution in [1.29, 1.82) is 0 Å². The fraction of sp³-hybridized carbons (Fsp3) is 0.200. The highest BCUT2D eigenvalue weighted by molar-refractivity contribution is 5.36. The normalized spacial score (nSPS) is 12.7. The highest BCUT2D eigenvalue weighted by Crippen LogP contribution is 2.23. The van der Waals surface area contributed by atoms with Crippen LogP contribution in [0.3, 0.4) is 0 Å². The molecule has 118 valence electrons. The number of nitro groups is 1. The second kappa shape index (κ2) is 7.79. The molecule has 8 heteroatoms. The molecule has 0 bridgehead atoms. The molecule has 23 heavy (non-hydrogen) atoms. The minimum absolute atomic E-state index is 0.0471. The van der Waals surface area contributed by atoms with Gasteiger partial charge >= 0.3 is 0 Å². The van der Waals surface area contributed by atoms with Crippen LogP contribution in [-0.2, 0) is 0 Å². The van der Waals surface area contributed by atoms with Gasteiger partial charge < -0.3 is 9.84 Å². The Morgan fingerprint density at radius 3 is 2.43 bits per heavy atom. The number of aliphatic hydroxyl groups is 1. The van der Waals surface area contributed by atoms with Gasteiger partial charge in [0.1, 0.15) is 18.5 Å². The van der Waals surface area contributed by atoms with Gasteiger partial charge in [-0.3, -0.25) is 10.1 Å². The van der Waals surface area contributed by atoms with Crippen molar-refractivity contribution < 1.29 is 14.8 Å². The van der Waals surface area contributed by atoms with Gasteiger partial charge in [0.2, 0.25) is 0 Å². The van der Waals surface area contributed by atoms with Gasteiger partial charge in [-0.05, 0) is 23.2 Å². The summed E-state index contributed by atoms with van der Waals surface area (Å²) < 4.78 is 5.40. The lowest BCUT2D eigenvalue weighted by molar-refractivity contribution is -0.384. The third kappa shape index (κ3) is 4.44.